The molecule has 2 heterocycles. The molecule has 1 aromatic carbocycles. The van der Waals surface area contributed by atoms with Gasteiger partial charge in [-0.1, -0.05) is 13.0 Å². The van der Waals surface area contributed by atoms with Gasteiger partial charge in [-0.25, -0.2) is 0 Å². The molecule has 0 unspecified atom stereocenters. The second-order valence-corrected chi connectivity index (χ2v) is 7.00. The summed E-state index contributed by atoms with van der Waals surface area (Å²) in [5.41, 5.74) is 2.81. The van der Waals surface area contributed by atoms with Crippen molar-refractivity contribution in [1.29, 1.82) is 0 Å². The topological polar surface area (TPSA) is 29.5 Å². The molecule has 0 spiro atoms. The molecule has 0 radical (unpaired) electrons. The van der Waals surface area contributed by atoms with Crippen molar-refractivity contribution in [3.05, 3.63) is 29.3 Å². The van der Waals surface area contributed by atoms with Crippen LogP contribution in [0.1, 0.15) is 49.8 Å². The van der Waals surface area contributed by atoms with Gasteiger partial charge >= 0.3 is 0 Å². The Morgan fingerprint density at radius 1 is 1.29 bits per heavy atom. The summed E-state index contributed by atoms with van der Waals surface area (Å²) in [6, 6.07) is 7.48. The summed E-state index contributed by atoms with van der Waals surface area (Å²) in [7, 11) is 1.73. The quantitative estimate of drug-likeness (QED) is 0.794. The van der Waals surface area contributed by atoms with Crippen LogP contribution in [0.3, 0.4) is 0 Å². The molecule has 1 aromatic rings. The molecule has 112 valence electrons. The van der Waals surface area contributed by atoms with Crippen molar-refractivity contribution in [3.8, 4) is 5.75 Å². The van der Waals surface area contributed by atoms with Crippen LogP contribution in [0.5, 0.6) is 5.75 Å². The summed E-state index contributed by atoms with van der Waals surface area (Å²) in [5, 5.41) is 0. The van der Waals surface area contributed by atoms with E-state index >= 15 is 0 Å². The lowest BCUT2D eigenvalue weighted by Crippen LogP contribution is -2.53. The molecule has 3 atom stereocenters. The van der Waals surface area contributed by atoms with Gasteiger partial charge in [0.15, 0.2) is 0 Å². The monoisotopic (exact) mass is 285 g/mol. The number of ketones is 1. The molecule has 0 aromatic heterocycles. The van der Waals surface area contributed by atoms with E-state index in [0.717, 1.165) is 44.4 Å². The maximum absolute atomic E-state index is 12.3. The van der Waals surface area contributed by atoms with Crippen LogP contribution >= 0.6 is 0 Å². The number of nitrogens with zero attached hydrogens (tertiary/aromatic N) is 1. The largest absolute Gasteiger partial charge is 0.497 e. The molecule has 1 saturated carbocycles. The highest BCUT2D eigenvalue weighted by molar-refractivity contribution is 5.87. The Morgan fingerprint density at radius 3 is 2.95 bits per heavy atom. The van der Waals surface area contributed by atoms with E-state index < -0.39 is 0 Å². The van der Waals surface area contributed by atoms with Crippen molar-refractivity contribution in [3.63, 3.8) is 0 Å². The summed E-state index contributed by atoms with van der Waals surface area (Å²) in [4.78, 5) is 14.9. The Kier molecular flexibility index (Phi) is 2.90. The van der Waals surface area contributed by atoms with Gasteiger partial charge in [0, 0.05) is 30.5 Å². The minimum Gasteiger partial charge on any atom is -0.497 e. The maximum atomic E-state index is 12.3. The van der Waals surface area contributed by atoms with Crippen LogP contribution in [-0.2, 0) is 11.2 Å². The summed E-state index contributed by atoms with van der Waals surface area (Å²) in [6.07, 6.45) is 5.06. The Morgan fingerprint density at radius 2 is 2.14 bits per heavy atom. The highest BCUT2D eigenvalue weighted by atomic mass is 16.5. The van der Waals surface area contributed by atoms with Crippen LogP contribution < -0.4 is 4.74 Å². The number of fused-ring (bicyclic) bond motifs is 5. The van der Waals surface area contributed by atoms with Crippen molar-refractivity contribution in [2.75, 3.05) is 13.7 Å². The van der Waals surface area contributed by atoms with Gasteiger partial charge in [-0.3, -0.25) is 9.69 Å². The second kappa shape index (κ2) is 4.57. The van der Waals surface area contributed by atoms with Crippen molar-refractivity contribution in [1.82, 2.24) is 4.90 Å². The fourth-order valence-electron chi connectivity index (χ4n) is 4.86. The van der Waals surface area contributed by atoms with Crippen LogP contribution in [-0.4, -0.2) is 30.4 Å². The molecule has 0 N–H and O–H groups in total. The van der Waals surface area contributed by atoms with E-state index in [-0.39, 0.29) is 5.41 Å². The third-order valence-corrected chi connectivity index (χ3v) is 6.10. The predicted octanol–water partition coefficient (Wildman–Crippen LogP) is 3.13. The smallest absolute Gasteiger partial charge is 0.140 e. The molecule has 3 aliphatic rings. The first-order valence-corrected chi connectivity index (χ1v) is 8.09. The second-order valence-electron chi connectivity index (χ2n) is 7.00. The lowest BCUT2D eigenvalue weighted by molar-refractivity contribution is -0.130. The van der Waals surface area contributed by atoms with Crippen LogP contribution in [0.15, 0.2) is 18.2 Å². The predicted molar refractivity (Wildman–Crippen MR) is 81.5 cm³/mol. The van der Waals surface area contributed by atoms with Gasteiger partial charge in [0.2, 0.25) is 0 Å². The van der Waals surface area contributed by atoms with Crippen molar-refractivity contribution in [2.45, 2.75) is 51.1 Å². The molecule has 2 fully saturated rings. The molecule has 21 heavy (non-hydrogen) atoms. The lowest BCUT2D eigenvalue weighted by atomic mass is 9.71. The number of carbonyl (C=O) groups excluding carboxylic acids is 1. The third-order valence-electron chi connectivity index (χ3n) is 6.10. The molecule has 1 aliphatic carbocycles. The number of carbonyl (C=O) groups is 1. The summed E-state index contributed by atoms with van der Waals surface area (Å²) >= 11 is 0. The Bertz CT molecular complexity index is 597. The summed E-state index contributed by atoms with van der Waals surface area (Å²) in [5.74, 6) is 1.45. The number of benzene rings is 1. The number of piperidine rings is 1. The van der Waals surface area contributed by atoms with Gasteiger partial charge in [-0.05, 0) is 48.9 Å². The number of Topliss-reactive ketones (excluding diaryl/α,β-unsaturated/α-hetero) is 1. The van der Waals surface area contributed by atoms with Crippen molar-refractivity contribution in [2.24, 2.45) is 5.41 Å². The molecule has 0 amide bonds. The van der Waals surface area contributed by atoms with E-state index in [2.05, 4.69) is 30.0 Å². The van der Waals surface area contributed by atoms with Crippen LogP contribution in [0.2, 0.25) is 0 Å². The first-order valence-electron chi connectivity index (χ1n) is 8.09. The fraction of sp³-hybridized carbons (Fsp3) is 0.611. The maximum Gasteiger partial charge on any atom is 0.140 e. The van der Waals surface area contributed by atoms with Gasteiger partial charge in [0.25, 0.3) is 0 Å². The van der Waals surface area contributed by atoms with Gasteiger partial charge in [-0.2, -0.15) is 0 Å². The highest BCUT2D eigenvalue weighted by Crippen LogP contribution is 2.52. The standard InChI is InChI=1S/C18H23NO2/c1-18-9-7-15-14-4-3-13(21-2)11-12(14)8-10-19(15)16(18)5-6-17(18)20/h3-4,11,15-16H,5-10H2,1-2H3/t15-,16-,18+/m1/s1. The summed E-state index contributed by atoms with van der Waals surface area (Å²) in [6.45, 7) is 3.28. The van der Waals surface area contributed by atoms with Crippen LogP contribution in [0, 0.1) is 5.41 Å². The molecule has 0 bridgehead atoms. The fourth-order valence-corrected chi connectivity index (χ4v) is 4.86. The number of hydrogen-bond donors (Lipinski definition) is 0. The lowest BCUT2D eigenvalue weighted by Gasteiger charge is -2.51. The minimum atomic E-state index is -0.0829. The van der Waals surface area contributed by atoms with E-state index in [9.17, 15) is 4.79 Å². The van der Waals surface area contributed by atoms with E-state index in [0.29, 0.717) is 17.9 Å². The Balaban J connectivity index is 1.70. The molecular weight excluding hydrogens is 262 g/mol. The van der Waals surface area contributed by atoms with E-state index in [1.165, 1.54) is 11.1 Å². The third kappa shape index (κ3) is 1.80. The Labute approximate surface area is 126 Å². The molecular formula is C18H23NO2. The summed E-state index contributed by atoms with van der Waals surface area (Å²) < 4.78 is 5.36. The molecule has 1 saturated heterocycles. The first-order chi connectivity index (χ1) is 10.1. The van der Waals surface area contributed by atoms with Gasteiger partial charge in [0.1, 0.15) is 11.5 Å². The van der Waals surface area contributed by atoms with E-state index in [1.54, 1.807) is 7.11 Å². The highest BCUT2D eigenvalue weighted by Gasteiger charge is 2.53. The van der Waals surface area contributed by atoms with Gasteiger partial charge in [0.05, 0.1) is 7.11 Å². The number of ether oxygens (including phenoxy) is 1. The average Bonchev–Trinajstić information content (AvgIpc) is 2.82. The number of hydrogen-bond acceptors (Lipinski definition) is 3. The molecule has 3 nitrogen and oxygen atoms in total. The first kappa shape index (κ1) is 13.3. The van der Waals surface area contributed by atoms with Crippen LogP contribution in [0.25, 0.3) is 0 Å². The molecule has 3 heteroatoms. The van der Waals surface area contributed by atoms with E-state index in [1.807, 2.05) is 0 Å². The zero-order chi connectivity index (χ0) is 14.6. The minimum absolute atomic E-state index is 0.0829. The molecule has 2 aliphatic heterocycles. The Hall–Kier alpha value is -1.35. The zero-order valence-electron chi connectivity index (χ0n) is 12.9. The SMILES string of the molecule is COc1ccc2c(c1)CCN1[C@@H]2CC[C@]2(C)C(=O)CC[C@@H]12. The normalized spacial score (nSPS) is 35.0. The number of methoxy groups -OCH3 is 1. The molecule has 4 rings (SSSR count). The number of rotatable bonds is 1. The van der Waals surface area contributed by atoms with Crippen LogP contribution in [0.4, 0.5) is 0 Å². The zero-order valence-corrected chi connectivity index (χ0v) is 12.9. The van der Waals surface area contributed by atoms with Crippen molar-refractivity contribution < 1.29 is 9.53 Å². The van der Waals surface area contributed by atoms with Crippen molar-refractivity contribution >= 4 is 5.78 Å². The van der Waals surface area contributed by atoms with Gasteiger partial charge < -0.3 is 4.74 Å². The van der Waals surface area contributed by atoms with E-state index in [4.69, 9.17) is 4.74 Å². The van der Waals surface area contributed by atoms with Gasteiger partial charge in [-0.15, -0.1) is 0 Å². The average molecular weight is 285 g/mol.